The van der Waals surface area contributed by atoms with E-state index in [9.17, 15) is 13.2 Å². The van der Waals surface area contributed by atoms with Crippen molar-refractivity contribution >= 4 is 24.0 Å². The summed E-state index contributed by atoms with van der Waals surface area (Å²) in [5, 5.41) is 3.85. The van der Waals surface area contributed by atoms with Crippen LogP contribution in [0, 0.1) is 6.92 Å². The van der Waals surface area contributed by atoms with Crippen molar-refractivity contribution in [2.75, 3.05) is 26.2 Å². The molecule has 22 heavy (non-hydrogen) atoms. The minimum atomic E-state index is -4.12. The molecule has 0 spiro atoms. The molecule has 1 aromatic carbocycles. The minimum Gasteiger partial charge on any atom is -0.314 e. The molecule has 2 rings (SSSR count). The summed E-state index contributed by atoms with van der Waals surface area (Å²) in [6.07, 6.45) is -4.79. The standard InChI is InChI=1S/C15H20ClF3N2.ClH/c1-11-10-12(16)2-3-13(11)14(4-5-15(17,18)19)21-8-6-20-7-9-21;/h2-3,10,14,20H,4-9H2,1H3;1H/t14-;/m1./s1. The summed E-state index contributed by atoms with van der Waals surface area (Å²) in [4.78, 5) is 2.14. The van der Waals surface area contributed by atoms with Gasteiger partial charge in [-0.05, 0) is 36.6 Å². The Morgan fingerprint density at radius 1 is 1.27 bits per heavy atom. The number of benzene rings is 1. The number of aryl methyl sites for hydroxylation is 1. The highest BCUT2D eigenvalue weighted by molar-refractivity contribution is 6.30. The van der Waals surface area contributed by atoms with Gasteiger partial charge in [-0.3, -0.25) is 4.90 Å². The summed E-state index contributed by atoms with van der Waals surface area (Å²) < 4.78 is 37.8. The summed E-state index contributed by atoms with van der Waals surface area (Å²) in [7, 11) is 0. The first kappa shape index (κ1) is 19.6. The minimum absolute atomic E-state index is 0. The van der Waals surface area contributed by atoms with Crippen LogP contribution >= 0.6 is 24.0 Å². The molecule has 1 aliphatic rings. The second-order valence-corrected chi connectivity index (χ2v) is 5.89. The molecule has 0 aliphatic carbocycles. The van der Waals surface area contributed by atoms with Gasteiger partial charge in [-0.15, -0.1) is 12.4 Å². The third kappa shape index (κ3) is 5.61. The lowest BCUT2D eigenvalue weighted by molar-refractivity contribution is -0.138. The molecule has 1 atom stereocenters. The van der Waals surface area contributed by atoms with Crippen molar-refractivity contribution in [2.24, 2.45) is 0 Å². The van der Waals surface area contributed by atoms with Crippen LogP contribution in [-0.4, -0.2) is 37.3 Å². The Bertz CT molecular complexity index is 474. The van der Waals surface area contributed by atoms with E-state index in [1.807, 2.05) is 19.1 Å². The van der Waals surface area contributed by atoms with Crippen LogP contribution in [0.4, 0.5) is 13.2 Å². The van der Waals surface area contributed by atoms with Gasteiger partial charge in [-0.25, -0.2) is 0 Å². The summed E-state index contributed by atoms with van der Waals surface area (Å²) in [6, 6.07) is 5.23. The van der Waals surface area contributed by atoms with Gasteiger partial charge in [0.15, 0.2) is 0 Å². The summed E-state index contributed by atoms with van der Waals surface area (Å²) >= 11 is 5.95. The lowest BCUT2D eigenvalue weighted by atomic mass is 9.95. The zero-order valence-electron chi connectivity index (χ0n) is 12.4. The average molecular weight is 357 g/mol. The number of hydrogen-bond donors (Lipinski definition) is 1. The predicted octanol–water partition coefficient (Wildman–Crippen LogP) is 4.36. The molecule has 126 valence electrons. The highest BCUT2D eigenvalue weighted by Crippen LogP contribution is 2.33. The molecule has 0 bridgehead atoms. The molecule has 0 unspecified atom stereocenters. The number of rotatable bonds is 4. The van der Waals surface area contributed by atoms with Gasteiger partial charge < -0.3 is 5.32 Å². The van der Waals surface area contributed by atoms with Crippen molar-refractivity contribution in [3.63, 3.8) is 0 Å². The van der Waals surface area contributed by atoms with E-state index in [1.165, 1.54) is 0 Å². The summed E-state index contributed by atoms with van der Waals surface area (Å²) in [5.74, 6) is 0. The maximum atomic E-state index is 12.6. The van der Waals surface area contributed by atoms with Gasteiger partial charge in [0, 0.05) is 43.7 Å². The van der Waals surface area contributed by atoms with Gasteiger partial charge >= 0.3 is 6.18 Å². The first-order valence-corrected chi connectivity index (χ1v) is 7.52. The highest BCUT2D eigenvalue weighted by Gasteiger charge is 2.31. The Kier molecular flexibility index (Phi) is 7.46. The van der Waals surface area contributed by atoms with Crippen LogP contribution in [0.15, 0.2) is 18.2 Å². The van der Waals surface area contributed by atoms with E-state index in [-0.39, 0.29) is 24.9 Å². The maximum Gasteiger partial charge on any atom is 0.389 e. The van der Waals surface area contributed by atoms with Crippen molar-refractivity contribution in [3.8, 4) is 0 Å². The molecule has 1 N–H and O–H groups in total. The lowest BCUT2D eigenvalue weighted by Crippen LogP contribution is -2.45. The highest BCUT2D eigenvalue weighted by atomic mass is 35.5. The van der Waals surface area contributed by atoms with E-state index in [2.05, 4.69) is 10.2 Å². The molecule has 1 aromatic rings. The van der Waals surface area contributed by atoms with E-state index >= 15 is 0 Å². The normalized spacial score (nSPS) is 17.9. The second kappa shape index (κ2) is 8.39. The monoisotopic (exact) mass is 356 g/mol. The number of hydrogen-bond acceptors (Lipinski definition) is 2. The van der Waals surface area contributed by atoms with Crippen LogP contribution in [0.25, 0.3) is 0 Å². The van der Waals surface area contributed by atoms with Gasteiger partial charge in [0.25, 0.3) is 0 Å². The van der Waals surface area contributed by atoms with Crippen LogP contribution in [0.5, 0.6) is 0 Å². The number of halogens is 5. The number of piperazine rings is 1. The number of nitrogens with one attached hydrogen (secondary N) is 1. The van der Waals surface area contributed by atoms with Gasteiger partial charge in [0.1, 0.15) is 0 Å². The molecule has 0 saturated carbocycles. The fourth-order valence-corrected chi connectivity index (χ4v) is 3.07. The summed E-state index contributed by atoms with van der Waals surface area (Å²) in [5.41, 5.74) is 1.90. The molecule has 2 nitrogen and oxygen atoms in total. The van der Waals surface area contributed by atoms with Crippen LogP contribution in [0.2, 0.25) is 5.02 Å². The third-order valence-corrected chi connectivity index (χ3v) is 4.12. The van der Waals surface area contributed by atoms with Crippen molar-refractivity contribution in [1.29, 1.82) is 0 Å². The first-order valence-electron chi connectivity index (χ1n) is 7.14. The van der Waals surface area contributed by atoms with Crippen molar-refractivity contribution < 1.29 is 13.2 Å². The molecule has 0 amide bonds. The summed E-state index contributed by atoms with van der Waals surface area (Å²) in [6.45, 7) is 5.07. The number of nitrogens with zero attached hydrogens (tertiary/aromatic N) is 1. The third-order valence-electron chi connectivity index (χ3n) is 3.88. The van der Waals surface area contributed by atoms with Gasteiger partial charge in [0.2, 0.25) is 0 Å². The molecule has 0 radical (unpaired) electrons. The van der Waals surface area contributed by atoms with Crippen molar-refractivity contribution in [3.05, 3.63) is 34.3 Å². The Balaban J connectivity index is 0.00000242. The maximum absolute atomic E-state index is 12.6. The quantitative estimate of drug-likeness (QED) is 0.862. The molecule has 1 fully saturated rings. The zero-order chi connectivity index (χ0) is 15.5. The van der Waals surface area contributed by atoms with Crippen LogP contribution < -0.4 is 5.32 Å². The molecular formula is C15H21Cl2F3N2. The topological polar surface area (TPSA) is 15.3 Å². The van der Waals surface area contributed by atoms with E-state index < -0.39 is 12.6 Å². The first-order chi connectivity index (χ1) is 9.87. The fourth-order valence-electron chi connectivity index (χ4n) is 2.84. The largest absolute Gasteiger partial charge is 0.389 e. The zero-order valence-corrected chi connectivity index (χ0v) is 14.0. The van der Waals surface area contributed by atoms with Gasteiger partial charge in [-0.1, -0.05) is 17.7 Å². The van der Waals surface area contributed by atoms with E-state index in [0.29, 0.717) is 5.02 Å². The fraction of sp³-hybridized carbons (Fsp3) is 0.600. The Labute approximate surface area is 140 Å². The van der Waals surface area contributed by atoms with E-state index in [0.717, 1.165) is 37.3 Å². The average Bonchev–Trinajstić information content (AvgIpc) is 2.41. The van der Waals surface area contributed by atoms with Crippen molar-refractivity contribution in [2.45, 2.75) is 32.0 Å². The lowest BCUT2D eigenvalue weighted by Gasteiger charge is -2.36. The molecule has 7 heteroatoms. The molecule has 0 aromatic heterocycles. The molecular weight excluding hydrogens is 336 g/mol. The SMILES string of the molecule is Cc1cc(Cl)ccc1[C@@H](CCC(F)(F)F)N1CCNCC1.Cl. The Morgan fingerprint density at radius 2 is 1.91 bits per heavy atom. The predicted molar refractivity (Wildman–Crippen MR) is 85.9 cm³/mol. The smallest absolute Gasteiger partial charge is 0.314 e. The van der Waals surface area contributed by atoms with Crippen LogP contribution in [0.1, 0.15) is 30.0 Å². The Hall–Kier alpha value is -0.490. The van der Waals surface area contributed by atoms with Gasteiger partial charge in [0.05, 0.1) is 0 Å². The van der Waals surface area contributed by atoms with Crippen molar-refractivity contribution in [1.82, 2.24) is 10.2 Å². The second-order valence-electron chi connectivity index (χ2n) is 5.46. The van der Waals surface area contributed by atoms with E-state index in [1.54, 1.807) is 6.07 Å². The molecule has 1 aliphatic heterocycles. The van der Waals surface area contributed by atoms with Crippen LogP contribution in [0.3, 0.4) is 0 Å². The van der Waals surface area contributed by atoms with Crippen LogP contribution in [-0.2, 0) is 0 Å². The van der Waals surface area contributed by atoms with E-state index in [4.69, 9.17) is 11.6 Å². The van der Waals surface area contributed by atoms with Gasteiger partial charge in [-0.2, -0.15) is 13.2 Å². The molecule has 1 saturated heterocycles. The molecule has 1 heterocycles. The Morgan fingerprint density at radius 3 is 2.45 bits per heavy atom. The number of alkyl halides is 3.